The second-order valence-corrected chi connectivity index (χ2v) is 8.66. The zero-order chi connectivity index (χ0) is 23.0. The second-order valence-electron chi connectivity index (χ2n) is 6.72. The number of hydrogen-bond acceptors (Lipinski definition) is 6. The van der Waals surface area contributed by atoms with Gasteiger partial charge in [0.25, 0.3) is 5.91 Å². The summed E-state index contributed by atoms with van der Waals surface area (Å²) in [5.74, 6) is -0.631. The molecule has 0 fully saturated rings. The summed E-state index contributed by atoms with van der Waals surface area (Å²) in [6.45, 7) is 5.41. The highest BCUT2D eigenvalue weighted by Crippen LogP contribution is 2.24. The molecule has 1 atom stereocenters. The minimum atomic E-state index is -3.71. The number of nitrogens with one attached hydrogen (secondary N) is 1. The van der Waals surface area contributed by atoms with Crippen molar-refractivity contribution in [2.75, 3.05) is 26.8 Å². The van der Waals surface area contributed by atoms with Gasteiger partial charge in [-0.15, -0.1) is 0 Å². The number of amides is 1. The Labute approximate surface area is 183 Å². The largest absolute Gasteiger partial charge is 0.496 e. The Bertz CT molecular complexity index is 1020. The van der Waals surface area contributed by atoms with Crippen molar-refractivity contribution in [2.45, 2.75) is 31.7 Å². The molecule has 0 bridgehead atoms. The fraction of sp³-hybridized carbons (Fsp3) is 0.364. The summed E-state index contributed by atoms with van der Waals surface area (Å²) in [7, 11) is -2.16. The highest BCUT2D eigenvalue weighted by Gasteiger charge is 2.23. The molecule has 8 nitrogen and oxygen atoms in total. The molecule has 0 aliphatic carbocycles. The lowest BCUT2D eigenvalue weighted by molar-refractivity contribution is -0.124. The summed E-state index contributed by atoms with van der Waals surface area (Å²) in [6, 6.07) is 12.5. The van der Waals surface area contributed by atoms with E-state index in [2.05, 4.69) is 5.32 Å². The molecule has 1 amide bonds. The van der Waals surface area contributed by atoms with Crippen molar-refractivity contribution in [3.8, 4) is 5.75 Å². The van der Waals surface area contributed by atoms with Crippen LogP contribution in [0.15, 0.2) is 53.4 Å². The molecular weight excluding hydrogens is 420 g/mol. The number of rotatable bonds is 10. The number of esters is 1. The molecule has 0 aliphatic heterocycles. The number of ether oxygens (including phenoxy) is 2. The molecule has 0 spiro atoms. The van der Waals surface area contributed by atoms with Gasteiger partial charge in [-0.25, -0.2) is 13.2 Å². The van der Waals surface area contributed by atoms with Gasteiger partial charge in [0.1, 0.15) is 5.75 Å². The van der Waals surface area contributed by atoms with Crippen molar-refractivity contribution in [1.82, 2.24) is 9.62 Å². The van der Waals surface area contributed by atoms with Gasteiger partial charge in [0.2, 0.25) is 10.0 Å². The van der Waals surface area contributed by atoms with Crippen LogP contribution in [0.5, 0.6) is 5.75 Å². The molecule has 2 rings (SSSR count). The van der Waals surface area contributed by atoms with E-state index in [1.54, 1.807) is 33.9 Å². The molecule has 0 radical (unpaired) electrons. The Balaban J connectivity index is 2.02. The van der Waals surface area contributed by atoms with Crippen molar-refractivity contribution in [3.63, 3.8) is 0 Å². The first-order valence-electron chi connectivity index (χ1n) is 9.94. The number of carbonyl (C=O) groups is 2. The monoisotopic (exact) mass is 448 g/mol. The normalized spacial score (nSPS) is 12.3. The highest BCUT2D eigenvalue weighted by atomic mass is 32.2. The third kappa shape index (κ3) is 6.05. The van der Waals surface area contributed by atoms with Gasteiger partial charge in [-0.1, -0.05) is 38.1 Å². The number of nitrogens with zero attached hydrogens (tertiary/aromatic N) is 1. The maximum atomic E-state index is 12.6. The topological polar surface area (TPSA) is 102 Å². The lowest BCUT2D eigenvalue weighted by Gasteiger charge is -2.18. The lowest BCUT2D eigenvalue weighted by Crippen LogP contribution is -2.31. The Morgan fingerprint density at radius 1 is 1.06 bits per heavy atom. The first-order valence-corrected chi connectivity index (χ1v) is 11.4. The van der Waals surface area contributed by atoms with E-state index in [0.29, 0.717) is 18.8 Å². The van der Waals surface area contributed by atoms with Crippen LogP contribution in [0, 0.1) is 0 Å². The van der Waals surface area contributed by atoms with Crippen LogP contribution in [0.25, 0.3) is 0 Å². The number of para-hydroxylation sites is 1. The number of carbonyl (C=O) groups excluding carboxylic acids is 2. The molecule has 0 saturated carbocycles. The predicted molar refractivity (Wildman–Crippen MR) is 116 cm³/mol. The van der Waals surface area contributed by atoms with Crippen LogP contribution in [0.4, 0.5) is 0 Å². The molecule has 9 heteroatoms. The summed E-state index contributed by atoms with van der Waals surface area (Å²) >= 11 is 0. The van der Waals surface area contributed by atoms with Crippen molar-refractivity contribution >= 4 is 21.9 Å². The van der Waals surface area contributed by atoms with Crippen LogP contribution in [0.1, 0.15) is 42.7 Å². The lowest BCUT2D eigenvalue weighted by atomic mass is 10.1. The number of sulfonamides is 1. The van der Waals surface area contributed by atoms with Crippen LogP contribution < -0.4 is 10.1 Å². The number of benzene rings is 2. The van der Waals surface area contributed by atoms with E-state index >= 15 is 0 Å². The molecule has 0 aliphatic rings. The molecule has 2 aromatic rings. The Hall–Kier alpha value is -2.91. The molecular formula is C22H28N2O6S. The molecule has 0 heterocycles. The van der Waals surface area contributed by atoms with E-state index in [-0.39, 0.29) is 16.5 Å². The van der Waals surface area contributed by atoms with Crippen LogP contribution in [-0.2, 0) is 19.6 Å². The van der Waals surface area contributed by atoms with Gasteiger partial charge in [0.15, 0.2) is 6.61 Å². The van der Waals surface area contributed by atoms with Crippen molar-refractivity contribution in [2.24, 2.45) is 0 Å². The molecule has 31 heavy (non-hydrogen) atoms. The van der Waals surface area contributed by atoms with E-state index in [0.717, 1.165) is 5.56 Å². The van der Waals surface area contributed by atoms with Gasteiger partial charge in [0, 0.05) is 18.7 Å². The summed E-state index contributed by atoms with van der Waals surface area (Å²) in [6.07, 6.45) is 0. The van der Waals surface area contributed by atoms with Gasteiger partial charge >= 0.3 is 5.97 Å². The smallest absolute Gasteiger partial charge is 0.338 e. The van der Waals surface area contributed by atoms with E-state index in [9.17, 15) is 18.0 Å². The van der Waals surface area contributed by atoms with E-state index in [1.165, 1.54) is 28.6 Å². The Kier molecular flexibility index (Phi) is 8.58. The van der Waals surface area contributed by atoms with Gasteiger partial charge < -0.3 is 14.8 Å². The van der Waals surface area contributed by atoms with Crippen molar-refractivity contribution < 1.29 is 27.5 Å². The Morgan fingerprint density at radius 3 is 2.39 bits per heavy atom. The maximum Gasteiger partial charge on any atom is 0.338 e. The van der Waals surface area contributed by atoms with Gasteiger partial charge in [-0.05, 0) is 31.2 Å². The summed E-state index contributed by atoms with van der Waals surface area (Å²) in [4.78, 5) is 24.6. The first-order chi connectivity index (χ1) is 14.7. The van der Waals surface area contributed by atoms with Gasteiger partial charge in [-0.3, -0.25) is 4.79 Å². The zero-order valence-electron chi connectivity index (χ0n) is 18.1. The van der Waals surface area contributed by atoms with E-state index in [4.69, 9.17) is 9.47 Å². The summed E-state index contributed by atoms with van der Waals surface area (Å²) in [5, 5.41) is 2.74. The molecule has 1 N–H and O–H groups in total. The molecule has 2 aromatic carbocycles. The summed E-state index contributed by atoms with van der Waals surface area (Å²) < 4.78 is 36.9. The number of methoxy groups -OCH3 is 1. The van der Waals surface area contributed by atoms with E-state index in [1.807, 2.05) is 18.2 Å². The van der Waals surface area contributed by atoms with Crippen LogP contribution in [0.2, 0.25) is 0 Å². The second kappa shape index (κ2) is 10.9. The SMILES string of the molecule is CCN(CC)S(=O)(=O)c1cccc(C(=O)OCC(=O)NC(C)c2ccccc2OC)c1. The van der Waals surface area contributed by atoms with Gasteiger partial charge in [0.05, 0.1) is 23.6 Å². The van der Waals surface area contributed by atoms with Crippen LogP contribution in [-0.4, -0.2) is 51.4 Å². The molecule has 1 unspecified atom stereocenters. The van der Waals surface area contributed by atoms with Crippen LogP contribution in [0.3, 0.4) is 0 Å². The first kappa shape index (κ1) is 24.4. The van der Waals surface area contributed by atoms with Crippen molar-refractivity contribution in [3.05, 3.63) is 59.7 Å². The van der Waals surface area contributed by atoms with Crippen molar-refractivity contribution in [1.29, 1.82) is 0 Å². The summed E-state index contributed by atoms with van der Waals surface area (Å²) in [5.41, 5.74) is 0.845. The minimum Gasteiger partial charge on any atom is -0.496 e. The highest BCUT2D eigenvalue weighted by molar-refractivity contribution is 7.89. The maximum absolute atomic E-state index is 12.6. The fourth-order valence-electron chi connectivity index (χ4n) is 3.10. The molecule has 0 saturated heterocycles. The average Bonchev–Trinajstić information content (AvgIpc) is 2.78. The third-order valence-electron chi connectivity index (χ3n) is 4.73. The van der Waals surface area contributed by atoms with Crippen LogP contribution >= 0.6 is 0 Å². The predicted octanol–water partition coefficient (Wildman–Crippen LogP) is 2.76. The van der Waals surface area contributed by atoms with E-state index < -0.39 is 28.5 Å². The Morgan fingerprint density at radius 2 is 1.74 bits per heavy atom. The fourth-order valence-corrected chi connectivity index (χ4v) is 4.60. The molecule has 0 aromatic heterocycles. The molecule has 168 valence electrons. The zero-order valence-corrected chi connectivity index (χ0v) is 18.9. The van der Waals surface area contributed by atoms with Gasteiger partial charge in [-0.2, -0.15) is 4.31 Å². The number of hydrogen-bond donors (Lipinski definition) is 1. The standard InChI is InChI=1S/C22H28N2O6S/c1-5-24(6-2)31(27,28)18-11-9-10-17(14-18)22(26)30-15-21(25)23-16(3)19-12-7-8-13-20(19)29-4/h7-14,16H,5-6,15H2,1-4H3,(H,23,25). The minimum absolute atomic E-state index is 0.0000959. The average molecular weight is 449 g/mol. The third-order valence-corrected chi connectivity index (χ3v) is 6.78. The quantitative estimate of drug-likeness (QED) is 0.561.